The van der Waals surface area contributed by atoms with E-state index in [9.17, 15) is 0 Å². The first-order valence-corrected chi connectivity index (χ1v) is 7.25. The molecule has 112 valence electrons. The van der Waals surface area contributed by atoms with Gasteiger partial charge >= 0.3 is 0 Å². The molecule has 4 nitrogen and oxygen atoms in total. The fourth-order valence-corrected chi connectivity index (χ4v) is 2.99. The number of nitrogens with two attached hydrogens (primary N) is 1. The Labute approximate surface area is 121 Å². The summed E-state index contributed by atoms with van der Waals surface area (Å²) in [6.45, 7) is 5.86. The topological polar surface area (TPSA) is 47.7 Å². The van der Waals surface area contributed by atoms with E-state index in [2.05, 4.69) is 31.9 Å². The van der Waals surface area contributed by atoms with Gasteiger partial charge < -0.3 is 15.2 Å². The van der Waals surface area contributed by atoms with E-state index in [0.29, 0.717) is 6.04 Å². The number of methoxy groups -OCH3 is 1. The molecular formula is C16H26N2O2. The minimum atomic E-state index is -0.0531. The van der Waals surface area contributed by atoms with Crippen molar-refractivity contribution in [3.05, 3.63) is 29.3 Å². The van der Waals surface area contributed by atoms with Gasteiger partial charge in [-0.15, -0.1) is 0 Å². The van der Waals surface area contributed by atoms with Crippen LogP contribution >= 0.6 is 0 Å². The summed E-state index contributed by atoms with van der Waals surface area (Å²) in [7, 11) is 3.81. The van der Waals surface area contributed by atoms with Gasteiger partial charge in [-0.1, -0.05) is 17.7 Å². The molecule has 20 heavy (non-hydrogen) atoms. The summed E-state index contributed by atoms with van der Waals surface area (Å²) in [5, 5.41) is 0. The molecule has 1 saturated heterocycles. The molecule has 3 atom stereocenters. The largest absolute Gasteiger partial charge is 0.496 e. The third-order valence-electron chi connectivity index (χ3n) is 4.17. The fraction of sp³-hybridized carbons (Fsp3) is 0.625. The van der Waals surface area contributed by atoms with Crippen molar-refractivity contribution < 1.29 is 9.47 Å². The van der Waals surface area contributed by atoms with Gasteiger partial charge in [-0.2, -0.15) is 0 Å². The minimum Gasteiger partial charge on any atom is -0.496 e. The van der Waals surface area contributed by atoms with E-state index in [4.69, 9.17) is 15.2 Å². The Morgan fingerprint density at radius 3 is 2.85 bits per heavy atom. The van der Waals surface area contributed by atoms with Crippen LogP contribution in [0.25, 0.3) is 0 Å². The maximum absolute atomic E-state index is 6.39. The Balaban J connectivity index is 2.07. The molecule has 1 aromatic rings. The lowest BCUT2D eigenvalue weighted by Gasteiger charge is -2.29. The zero-order chi connectivity index (χ0) is 14.7. The van der Waals surface area contributed by atoms with E-state index in [0.717, 1.165) is 30.9 Å². The first kappa shape index (κ1) is 15.3. The highest BCUT2D eigenvalue weighted by Gasteiger charge is 2.29. The molecule has 1 aliphatic rings. The summed E-state index contributed by atoms with van der Waals surface area (Å²) in [5.41, 5.74) is 8.67. The van der Waals surface area contributed by atoms with Crippen molar-refractivity contribution in [1.82, 2.24) is 4.90 Å². The summed E-state index contributed by atoms with van der Waals surface area (Å²) in [5.74, 6) is 0.868. The third kappa shape index (κ3) is 3.32. The Morgan fingerprint density at radius 2 is 2.25 bits per heavy atom. The van der Waals surface area contributed by atoms with E-state index < -0.39 is 0 Å². The summed E-state index contributed by atoms with van der Waals surface area (Å²) in [4.78, 5) is 2.31. The molecule has 3 unspecified atom stereocenters. The van der Waals surface area contributed by atoms with Crippen molar-refractivity contribution in [3.63, 3.8) is 0 Å². The summed E-state index contributed by atoms with van der Waals surface area (Å²) in [6, 6.07) is 6.56. The van der Waals surface area contributed by atoms with Crippen LogP contribution in [-0.2, 0) is 4.74 Å². The number of nitrogens with zero attached hydrogens (tertiary/aromatic N) is 1. The average Bonchev–Trinajstić information content (AvgIpc) is 2.85. The molecule has 2 rings (SSSR count). The van der Waals surface area contributed by atoms with Crippen molar-refractivity contribution in [2.75, 3.05) is 27.3 Å². The van der Waals surface area contributed by atoms with Crippen LogP contribution < -0.4 is 10.5 Å². The van der Waals surface area contributed by atoms with Gasteiger partial charge in [0.05, 0.1) is 13.2 Å². The van der Waals surface area contributed by atoms with Crippen molar-refractivity contribution in [3.8, 4) is 5.75 Å². The lowest BCUT2D eigenvalue weighted by molar-refractivity contribution is 0.0817. The summed E-state index contributed by atoms with van der Waals surface area (Å²) < 4.78 is 11.1. The highest BCUT2D eigenvalue weighted by atomic mass is 16.5. The zero-order valence-corrected chi connectivity index (χ0v) is 12.9. The molecular weight excluding hydrogens is 252 g/mol. The average molecular weight is 278 g/mol. The van der Waals surface area contributed by atoms with Crippen molar-refractivity contribution in [2.24, 2.45) is 5.73 Å². The number of aryl methyl sites for hydroxylation is 1. The van der Waals surface area contributed by atoms with Gasteiger partial charge in [-0.25, -0.2) is 0 Å². The molecule has 1 heterocycles. The Hall–Kier alpha value is -1.10. The Bertz CT molecular complexity index is 450. The molecule has 0 aliphatic carbocycles. The van der Waals surface area contributed by atoms with Crippen LogP contribution in [0.4, 0.5) is 0 Å². The summed E-state index contributed by atoms with van der Waals surface area (Å²) >= 11 is 0. The Kier molecular flexibility index (Phi) is 5.02. The van der Waals surface area contributed by atoms with Crippen LogP contribution in [0, 0.1) is 6.92 Å². The van der Waals surface area contributed by atoms with Crippen LogP contribution in [0.1, 0.15) is 30.5 Å². The highest BCUT2D eigenvalue weighted by Crippen LogP contribution is 2.27. The standard InChI is InChI=1S/C16H26N2O2/c1-11-5-6-16(19-4)13(9-11)14(17)10-18(3)15-7-8-20-12(15)2/h5-6,9,12,14-15H,7-8,10,17H2,1-4H3. The van der Waals surface area contributed by atoms with Gasteiger partial charge in [0.25, 0.3) is 0 Å². The van der Waals surface area contributed by atoms with E-state index in [1.54, 1.807) is 7.11 Å². The van der Waals surface area contributed by atoms with Crippen LogP contribution in [0.15, 0.2) is 18.2 Å². The fourth-order valence-electron chi connectivity index (χ4n) is 2.99. The molecule has 0 saturated carbocycles. The number of likely N-dealkylation sites (N-methyl/N-ethyl adjacent to an activating group) is 1. The maximum atomic E-state index is 6.39. The Morgan fingerprint density at radius 1 is 1.50 bits per heavy atom. The van der Waals surface area contributed by atoms with Gasteiger partial charge in [0, 0.05) is 30.8 Å². The van der Waals surface area contributed by atoms with Gasteiger partial charge in [0.2, 0.25) is 0 Å². The summed E-state index contributed by atoms with van der Waals surface area (Å²) in [6.07, 6.45) is 1.36. The van der Waals surface area contributed by atoms with Gasteiger partial charge in [0.15, 0.2) is 0 Å². The first-order chi connectivity index (χ1) is 9.52. The van der Waals surface area contributed by atoms with E-state index in [1.165, 1.54) is 5.56 Å². The molecule has 0 radical (unpaired) electrons. The second kappa shape index (κ2) is 6.57. The third-order valence-corrected chi connectivity index (χ3v) is 4.17. The van der Waals surface area contributed by atoms with E-state index >= 15 is 0 Å². The second-order valence-electron chi connectivity index (χ2n) is 5.72. The smallest absolute Gasteiger partial charge is 0.123 e. The molecule has 0 amide bonds. The SMILES string of the molecule is COc1ccc(C)cc1C(N)CN(C)C1CCOC1C. The molecule has 0 bridgehead atoms. The number of hydrogen-bond donors (Lipinski definition) is 1. The van der Waals surface area contributed by atoms with Gasteiger partial charge in [0.1, 0.15) is 5.75 Å². The molecule has 0 spiro atoms. The van der Waals surface area contributed by atoms with Crippen LogP contribution in [0.2, 0.25) is 0 Å². The van der Waals surface area contributed by atoms with Crippen LogP contribution in [0.5, 0.6) is 5.75 Å². The lowest BCUT2D eigenvalue weighted by atomic mass is 10.0. The predicted molar refractivity (Wildman–Crippen MR) is 81.1 cm³/mol. The molecule has 1 aromatic carbocycles. The number of hydrogen-bond acceptors (Lipinski definition) is 4. The van der Waals surface area contributed by atoms with Crippen molar-refractivity contribution >= 4 is 0 Å². The van der Waals surface area contributed by atoms with Crippen LogP contribution in [-0.4, -0.2) is 44.4 Å². The van der Waals surface area contributed by atoms with Crippen LogP contribution in [0.3, 0.4) is 0 Å². The van der Waals surface area contributed by atoms with Crippen molar-refractivity contribution in [1.29, 1.82) is 0 Å². The lowest BCUT2D eigenvalue weighted by Crippen LogP contribution is -2.40. The van der Waals surface area contributed by atoms with Gasteiger partial charge in [-0.3, -0.25) is 4.90 Å². The monoisotopic (exact) mass is 278 g/mol. The maximum Gasteiger partial charge on any atom is 0.123 e. The van der Waals surface area contributed by atoms with Crippen molar-refractivity contribution in [2.45, 2.75) is 38.5 Å². The predicted octanol–water partition coefficient (Wildman–Crippen LogP) is 2.11. The number of rotatable bonds is 5. The zero-order valence-electron chi connectivity index (χ0n) is 12.9. The van der Waals surface area contributed by atoms with Gasteiger partial charge in [-0.05, 0) is 33.4 Å². The number of ether oxygens (including phenoxy) is 2. The first-order valence-electron chi connectivity index (χ1n) is 7.25. The van der Waals surface area contributed by atoms with E-state index in [1.807, 2.05) is 12.1 Å². The van der Waals surface area contributed by atoms with E-state index in [-0.39, 0.29) is 12.1 Å². The highest BCUT2D eigenvalue weighted by molar-refractivity contribution is 5.39. The molecule has 0 aromatic heterocycles. The normalized spacial score (nSPS) is 24.1. The molecule has 1 aliphatic heterocycles. The molecule has 2 N–H and O–H groups in total. The molecule has 1 fully saturated rings. The number of benzene rings is 1. The second-order valence-corrected chi connectivity index (χ2v) is 5.72. The minimum absolute atomic E-state index is 0.0531. The quantitative estimate of drug-likeness (QED) is 0.896. The molecule has 4 heteroatoms.